The Labute approximate surface area is 338 Å². The third-order valence-electron chi connectivity index (χ3n) is 10.8. The summed E-state index contributed by atoms with van der Waals surface area (Å²) in [6.45, 7) is 8.06. The molecule has 0 fully saturated rings. The molecule has 0 spiro atoms. The average molecular weight is 800 g/mol. The van der Waals surface area contributed by atoms with Crippen LogP contribution in [0.4, 0.5) is 17.1 Å². The van der Waals surface area contributed by atoms with Crippen molar-refractivity contribution in [2.45, 2.75) is 0 Å². The summed E-state index contributed by atoms with van der Waals surface area (Å²) in [5.41, 5.74) is 13.6. The number of hydrogen-bond acceptors (Lipinski definition) is 2. The molecule has 0 aliphatic heterocycles. The number of halogens is 1. The van der Waals surface area contributed by atoms with Crippen LogP contribution in [0.15, 0.2) is 194 Å². The van der Waals surface area contributed by atoms with Crippen LogP contribution in [0.3, 0.4) is 0 Å². The van der Waals surface area contributed by atoms with Crippen molar-refractivity contribution in [3.8, 4) is 27.9 Å². The van der Waals surface area contributed by atoms with Crippen LogP contribution >= 0.6 is 27.3 Å². The normalized spacial score (nSPS) is 11.4. The summed E-state index contributed by atoms with van der Waals surface area (Å²) in [7, 11) is 0. The second-order valence-corrected chi connectivity index (χ2v) is 16.0. The van der Waals surface area contributed by atoms with Crippen LogP contribution in [0.2, 0.25) is 0 Å². The highest BCUT2D eigenvalue weighted by atomic mass is 79.9. The number of hydrogen-bond donors (Lipinski definition) is 0. The molecule has 4 heteroatoms. The lowest BCUT2D eigenvalue weighted by molar-refractivity contribution is 1.18. The van der Waals surface area contributed by atoms with E-state index in [0.29, 0.717) is 0 Å². The number of anilines is 3. The third kappa shape index (κ3) is 5.77. The lowest BCUT2D eigenvalue weighted by atomic mass is 9.97. The zero-order valence-electron chi connectivity index (χ0n) is 30.5. The van der Waals surface area contributed by atoms with Crippen LogP contribution in [0, 0.1) is 0 Å². The average Bonchev–Trinajstić information content (AvgIpc) is 3.80. The number of thiophene rings is 1. The van der Waals surface area contributed by atoms with Gasteiger partial charge in [-0.25, -0.2) is 0 Å². The molecule has 0 aliphatic carbocycles. The third-order valence-corrected chi connectivity index (χ3v) is 12.4. The number of benzene rings is 8. The summed E-state index contributed by atoms with van der Waals surface area (Å²) in [6, 6.07) is 63.8. The van der Waals surface area contributed by atoms with Gasteiger partial charge in [0.25, 0.3) is 0 Å². The Bertz CT molecular complexity index is 3100. The summed E-state index contributed by atoms with van der Waals surface area (Å²) >= 11 is 5.52. The fourth-order valence-electron chi connectivity index (χ4n) is 8.09. The number of fused-ring (bicyclic) bond motifs is 7. The summed E-state index contributed by atoms with van der Waals surface area (Å²) in [6.07, 6.45) is 3.80. The monoisotopic (exact) mass is 798 g/mol. The van der Waals surface area contributed by atoms with Crippen molar-refractivity contribution in [1.82, 2.24) is 4.57 Å². The van der Waals surface area contributed by atoms with Crippen molar-refractivity contribution in [3.05, 3.63) is 205 Å². The molecule has 2 nitrogen and oxygen atoms in total. The quantitative estimate of drug-likeness (QED) is 0.149. The molecule has 56 heavy (non-hydrogen) atoms. The van der Waals surface area contributed by atoms with E-state index >= 15 is 0 Å². The predicted molar refractivity (Wildman–Crippen MR) is 247 cm³/mol. The van der Waals surface area contributed by atoms with E-state index in [4.69, 9.17) is 0 Å². The van der Waals surface area contributed by atoms with E-state index in [1.54, 1.807) is 0 Å². The highest BCUT2D eigenvalue weighted by Gasteiger charge is 2.24. The molecule has 0 bridgehead atoms. The molecule has 0 saturated carbocycles. The van der Waals surface area contributed by atoms with Crippen molar-refractivity contribution in [2.75, 3.05) is 4.90 Å². The fourth-order valence-corrected chi connectivity index (χ4v) is 9.64. The summed E-state index contributed by atoms with van der Waals surface area (Å²) in [4.78, 5) is 2.35. The molecule has 0 saturated heterocycles. The minimum absolute atomic E-state index is 1.06. The molecule has 266 valence electrons. The van der Waals surface area contributed by atoms with E-state index in [9.17, 15) is 0 Å². The first-order valence-corrected chi connectivity index (χ1v) is 20.3. The van der Waals surface area contributed by atoms with Crippen molar-refractivity contribution < 1.29 is 0 Å². The Morgan fingerprint density at radius 2 is 1.14 bits per heavy atom. The topological polar surface area (TPSA) is 8.17 Å². The van der Waals surface area contributed by atoms with Gasteiger partial charge < -0.3 is 9.47 Å². The Kier molecular flexibility index (Phi) is 8.51. The molecule has 0 atom stereocenters. The smallest absolute Gasteiger partial charge is 0.0640 e. The molecule has 10 aromatic rings. The largest absolute Gasteiger partial charge is 0.310 e. The van der Waals surface area contributed by atoms with E-state index < -0.39 is 0 Å². The van der Waals surface area contributed by atoms with Crippen LogP contribution in [-0.4, -0.2) is 4.57 Å². The maximum atomic E-state index is 4.04. The van der Waals surface area contributed by atoms with Gasteiger partial charge in [-0.1, -0.05) is 144 Å². The molecule has 0 N–H and O–H groups in total. The first kappa shape index (κ1) is 34.1. The Balaban J connectivity index is 1.29. The second-order valence-electron chi connectivity index (χ2n) is 14.0. The van der Waals surface area contributed by atoms with Gasteiger partial charge in [-0.3, -0.25) is 0 Å². The van der Waals surface area contributed by atoms with E-state index in [0.717, 1.165) is 49.4 Å². The molecule has 8 aromatic carbocycles. The SMILES string of the molecule is C=Cc1ccc(N(c2ccc(-c3cccc(Br)c3)cc2)c2ccc3c4c(-c5ccccc5)cc5sc6ccccc6c5c4n(-c4ccc(C=C)cc4)c3c2)cc1. The second kappa shape index (κ2) is 14.0. The highest BCUT2D eigenvalue weighted by Crippen LogP contribution is 2.48. The molecule has 0 aliphatic rings. The van der Waals surface area contributed by atoms with Crippen molar-refractivity contribution in [2.24, 2.45) is 0 Å². The number of rotatable bonds is 8. The van der Waals surface area contributed by atoms with E-state index in [1.807, 2.05) is 23.5 Å². The first-order chi connectivity index (χ1) is 27.6. The first-order valence-electron chi connectivity index (χ1n) is 18.7. The molecule has 10 rings (SSSR count). The van der Waals surface area contributed by atoms with Crippen LogP contribution in [0.5, 0.6) is 0 Å². The molecule has 2 heterocycles. The van der Waals surface area contributed by atoms with Crippen LogP contribution in [0.1, 0.15) is 11.1 Å². The van der Waals surface area contributed by atoms with Gasteiger partial charge in [-0.15, -0.1) is 11.3 Å². The maximum absolute atomic E-state index is 4.04. The minimum atomic E-state index is 1.06. The molecular formula is C52H35BrN2S. The van der Waals surface area contributed by atoms with Crippen molar-refractivity contribution in [3.63, 3.8) is 0 Å². The fraction of sp³-hybridized carbons (Fsp3) is 0. The Hall–Kier alpha value is -6.46. The number of nitrogens with zero attached hydrogens (tertiary/aromatic N) is 2. The zero-order valence-corrected chi connectivity index (χ0v) is 32.9. The van der Waals surface area contributed by atoms with Gasteiger partial charge in [0.05, 0.1) is 11.0 Å². The van der Waals surface area contributed by atoms with Crippen LogP contribution in [-0.2, 0) is 0 Å². The highest BCUT2D eigenvalue weighted by molar-refractivity contribution is 9.10. The maximum Gasteiger partial charge on any atom is 0.0640 e. The van der Waals surface area contributed by atoms with Gasteiger partial charge in [-0.05, 0) is 106 Å². The van der Waals surface area contributed by atoms with Gasteiger partial charge in [0.1, 0.15) is 0 Å². The number of aromatic nitrogens is 1. The van der Waals surface area contributed by atoms with Crippen LogP contribution in [0.25, 0.3) is 82.1 Å². The lowest BCUT2D eigenvalue weighted by Crippen LogP contribution is -2.10. The van der Waals surface area contributed by atoms with Gasteiger partial charge in [0.15, 0.2) is 0 Å². The van der Waals surface area contributed by atoms with Crippen LogP contribution < -0.4 is 4.90 Å². The Morgan fingerprint density at radius 3 is 1.86 bits per heavy atom. The summed E-state index contributed by atoms with van der Waals surface area (Å²) < 4.78 is 6.12. The van der Waals surface area contributed by atoms with E-state index in [-0.39, 0.29) is 0 Å². The van der Waals surface area contributed by atoms with E-state index in [2.05, 4.69) is 214 Å². The van der Waals surface area contributed by atoms with Gasteiger partial charge in [0.2, 0.25) is 0 Å². The zero-order chi connectivity index (χ0) is 37.8. The molecule has 2 aromatic heterocycles. The lowest BCUT2D eigenvalue weighted by Gasteiger charge is -2.26. The predicted octanol–water partition coefficient (Wildman–Crippen LogP) is 16.0. The summed E-state index contributed by atoms with van der Waals surface area (Å²) in [5, 5.41) is 5.02. The van der Waals surface area contributed by atoms with Gasteiger partial charge in [0, 0.05) is 58.2 Å². The molecule has 0 unspecified atom stereocenters. The summed E-state index contributed by atoms with van der Waals surface area (Å²) in [5.74, 6) is 0. The molecule has 0 amide bonds. The Morgan fingerprint density at radius 1 is 0.500 bits per heavy atom. The van der Waals surface area contributed by atoms with Crippen molar-refractivity contribution in [1.29, 1.82) is 0 Å². The standard InChI is InChI=1S/C52H35BrN2S/c1-3-34-17-23-40(24-18-34)54(41-27-21-36(22-28-41)38-13-10-14-39(53)31-38)43-29-30-44-47(32-43)55(42-25-19-35(4-2)20-26-42)52-50(44)46(37-11-6-5-7-12-37)33-49-51(52)45-15-8-9-16-48(45)56-49/h3-33H,1-2H2. The van der Waals surface area contributed by atoms with Crippen molar-refractivity contribution >= 4 is 98.5 Å². The van der Waals surface area contributed by atoms with E-state index in [1.165, 1.54) is 53.2 Å². The minimum Gasteiger partial charge on any atom is -0.310 e. The van der Waals surface area contributed by atoms with Gasteiger partial charge in [-0.2, -0.15) is 0 Å². The molecule has 0 radical (unpaired) electrons. The van der Waals surface area contributed by atoms with Gasteiger partial charge >= 0.3 is 0 Å². The molecular weight excluding hydrogens is 765 g/mol.